The van der Waals surface area contributed by atoms with Crippen LogP contribution in [0.4, 0.5) is 10.1 Å². The first kappa shape index (κ1) is 11.4. The number of ether oxygens (including phenoxy) is 1. The molecule has 90 valence electrons. The van der Waals surface area contributed by atoms with Crippen molar-refractivity contribution in [3.05, 3.63) is 23.5 Å². The number of anilines is 1. The van der Waals surface area contributed by atoms with E-state index in [1.807, 2.05) is 0 Å². The van der Waals surface area contributed by atoms with Crippen molar-refractivity contribution in [2.45, 2.75) is 6.42 Å². The summed E-state index contributed by atoms with van der Waals surface area (Å²) in [6.07, 6.45) is -0.0371. The number of hydrogen-bond acceptors (Lipinski definition) is 3. The third kappa shape index (κ3) is 1.93. The van der Waals surface area contributed by atoms with Crippen LogP contribution < -0.4 is 10.1 Å². The maximum Gasteiger partial charge on any atom is 0.316 e. The Labute approximate surface area is 96.2 Å². The van der Waals surface area contributed by atoms with Crippen LogP contribution in [0.3, 0.4) is 0 Å². The Kier molecular flexibility index (Phi) is 2.71. The fourth-order valence-electron chi connectivity index (χ4n) is 1.82. The van der Waals surface area contributed by atoms with Gasteiger partial charge in [-0.05, 0) is 18.1 Å². The summed E-state index contributed by atoms with van der Waals surface area (Å²) < 4.78 is 18.2. The molecule has 1 aromatic carbocycles. The van der Waals surface area contributed by atoms with Gasteiger partial charge in [-0.25, -0.2) is 4.39 Å². The fraction of sp³-hybridized carbons (Fsp3) is 0.273. The third-order valence-corrected chi connectivity index (χ3v) is 2.66. The minimum atomic E-state index is -1.23. The van der Waals surface area contributed by atoms with Gasteiger partial charge in [-0.1, -0.05) is 0 Å². The van der Waals surface area contributed by atoms with Gasteiger partial charge in [-0.2, -0.15) is 0 Å². The summed E-state index contributed by atoms with van der Waals surface area (Å²) >= 11 is 0. The lowest BCUT2D eigenvalue weighted by Crippen LogP contribution is -2.35. The summed E-state index contributed by atoms with van der Waals surface area (Å²) in [5.41, 5.74) is 0.769. The fourth-order valence-corrected chi connectivity index (χ4v) is 1.82. The SMILES string of the molecule is COc1cc(F)cc2c1NC(=O)C(C(=O)O)C2. The number of fused-ring (bicyclic) bond motifs is 1. The Morgan fingerprint density at radius 3 is 2.88 bits per heavy atom. The minimum absolute atomic E-state index is 0.0371. The largest absolute Gasteiger partial charge is 0.494 e. The number of benzene rings is 1. The summed E-state index contributed by atoms with van der Waals surface area (Å²) in [7, 11) is 1.35. The van der Waals surface area contributed by atoms with Crippen LogP contribution in [0.5, 0.6) is 5.75 Å². The zero-order valence-corrected chi connectivity index (χ0v) is 8.99. The highest BCUT2D eigenvalue weighted by molar-refractivity contribution is 6.07. The van der Waals surface area contributed by atoms with Crippen LogP contribution in [-0.2, 0) is 16.0 Å². The Balaban J connectivity index is 2.48. The van der Waals surface area contributed by atoms with Gasteiger partial charge in [0, 0.05) is 6.07 Å². The van der Waals surface area contributed by atoms with E-state index in [1.54, 1.807) is 0 Å². The molecule has 1 aliphatic heterocycles. The number of carbonyl (C=O) groups excluding carboxylic acids is 1. The predicted molar refractivity (Wildman–Crippen MR) is 56.4 cm³/mol. The van der Waals surface area contributed by atoms with E-state index in [0.29, 0.717) is 11.3 Å². The topological polar surface area (TPSA) is 75.6 Å². The van der Waals surface area contributed by atoms with Crippen LogP contribution in [0.1, 0.15) is 5.56 Å². The molecule has 5 nitrogen and oxygen atoms in total. The third-order valence-electron chi connectivity index (χ3n) is 2.66. The van der Waals surface area contributed by atoms with Gasteiger partial charge in [-0.15, -0.1) is 0 Å². The molecule has 1 aromatic rings. The molecule has 0 radical (unpaired) electrons. The molecule has 0 spiro atoms. The molecule has 0 fully saturated rings. The molecule has 2 rings (SSSR count). The van der Waals surface area contributed by atoms with Crippen LogP contribution in [-0.4, -0.2) is 24.1 Å². The first-order chi connectivity index (χ1) is 8.02. The highest BCUT2D eigenvalue weighted by atomic mass is 19.1. The van der Waals surface area contributed by atoms with Crippen LogP contribution >= 0.6 is 0 Å². The lowest BCUT2D eigenvalue weighted by atomic mass is 9.93. The average molecular weight is 239 g/mol. The monoisotopic (exact) mass is 239 g/mol. The van der Waals surface area contributed by atoms with Gasteiger partial charge >= 0.3 is 5.97 Å². The number of aliphatic carboxylic acids is 1. The maximum atomic E-state index is 13.2. The molecular weight excluding hydrogens is 229 g/mol. The zero-order valence-electron chi connectivity index (χ0n) is 8.99. The van der Waals surface area contributed by atoms with Gasteiger partial charge in [0.1, 0.15) is 17.5 Å². The van der Waals surface area contributed by atoms with E-state index in [0.717, 1.165) is 6.07 Å². The van der Waals surface area contributed by atoms with E-state index in [1.165, 1.54) is 13.2 Å². The molecule has 1 unspecified atom stereocenters. The molecule has 0 bridgehead atoms. The molecular formula is C11H10FNO4. The number of hydrogen-bond donors (Lipinski definition) is 2. The van der Waals surface area contributed by atoms with Gasteiger partial charge in [0.25, 0.3) is 0 Å². The van der Waals surface area contributed by atoms with Crippen molar-refractivity contribution in [2.24, 2.45) is 5.92 Å². The summed E-state index contributed by atoms with van der Waals surface area (Å²) in [4.78, 5) is 22.3. The molecule has 0 aliphatic carbocycles. The molecule has 0 saturated heterocycles. The van der Waals surface area contributed by atoms with E-state index in [2.05, 4.69) is 5.32 Å². The Morgan fingerprint density at radius 1 is 1.59 bits per heavy atom. The maximum absolute atomic E-state index is 13.2. The van der Waals surface area contributed by atoms with Gasteiger partial charge in [0.15, 0.2) is 0 Å². The molecule has 1 atom stereocenters. The number of carbonyl (C=O) groups is 2. The van der Waals surface area contributed by atoms with Crippen molar-refractivity contribution in [3.63, 3.8) is 0 Å². The molecule has 1 aliphatic rings. The smallest absolute Gasteiger partial charge is 0.316 e. The van der Waals surface area contributed by atoms with Crippen molar-refractivity contribution in [1.29, 1.82) is 0 Å². The number of carboxylic acid groups (broad SMARTS) is 1. The highest BCUT2D eigenvalue weighted by Gasteiger charge is 2.33. The number of methoxy groups -OCH3 is 1. The van der Waals surface area contributed by atoms with Gasteiger partial charge in [0.05, 0.1) is 12.8 Å². The summed E-state index contributed by atoms with van der Waals surface area (Å²) in [5.74, 6) is -3.36. The number of carboxylic acids is 1. The normalized spacial score (nSPS) is 18.2. The summed E-state index contributed by atoms with van der Waals surface area (Å²) in [6.45, 7) is 0. The second-order valence-corrected chi connectivity index (χ2v) is 3.73. The van der Waals surface area contributed by atoms with Crippen LogP contribution in [0, 0.1) is 11.7 Å². The van der Waals surface area contributed by atoms with Gasteiger partial charge in [-0.3, -0.25) is 9.59 Å². The van der Waals surface area contributed by atoms with Gasteiger partial charge < -0.3 is 15.2 Å². The zero-order chi connectivity index (χ0) is 12.6. The first-order valence-corrected chi connectivity index (χ1v) is 4.93. The number of halogens is 1. The average Bonchev–Trinajstić information content (AvgIpc) is 2.27. The van der Waals surface area contributed by atoms with Crippen molar-refractivity contribution >= 4 is 17.6 Å². The van der Waals surface area contributed by atoms with E-state index in [4.69, 9.17) is 9.84 Å². The Bertz CT molecular complexity index is 500. The van der Waals surface area contributed by atoms with Gasteiger partial charge in [0.2, 0.25) is 5.91 Å². The molecule has 1 amide bonds. The Morgan fingerprint density at radius 2 is 2.29 bits per heavy atom. The van der Waals surface area contributed by atoms with E-state index in [-0.39, 0.29) is 12.2 Å². The first-order valence-electron chi connectivity index (χ1n) is 4.93. The van der Waals surface area contributed by atoms with Crippen LogP contribution in [0.15, 0.2) is 12.1 Å². The van der Waals surface area contributed by atoms with Crippen molar-refractivity contribution < 1.29 is 23.8 Å². The molecule has 2 N–H and O–H groups in total. The lowest BCUT2D eigenvalue weighted by molar-refractivity contribution is -0.145. The van der Waals surface area contributed by atoms with Crippen molar-refractivity contribution in [2.75, 3.05) is 12.4 Å². The minimum Gasteiger partial charge on any atom is -0.494 e. The van der Waals surface area contributed by atoms with E-state index in [9.17, 15) is 14.0 Å². The second kappa shape index (κ2) is 4.04. The molecule has 6 heteroatoms. The van der Waals surface area contributed by atoms with Crippen molar-refractivity contribution in [1.82, 2.24) is 0 Å². The predicted octanol–water partition coefficient (Wildman–Crippen LogP) is 1.03. The molecule has 0 aromatic heterocycles. The highest BCUT2D eigenvalue weighted by Crippen LogP contribution is 2.35. The lowest BCUT2D eigenvalue weighted by Gasteiger charge is -2.23. The Hall–Kier alpha value is -2.11. The standard InChI is InChI=1S/C11H10FNO4/c1-17-8-4-6(12)2-5-3-7(11(15)16)10(14)13-9(5)8/h2,4,7H,3H2,1H3,(H,13,14)(H,15,16). The van der Waals surface area contributed by atoms with E-state index < -0.39 is 23.6 Å². The number of amides is 1. The number of rotatable bonds is 2. The van der Waals surface area contributed by atoms with Crippen LogP contribution in [0.2, 0.25) is 0 Å². The second-order valence-electron chi connectivity index (χ2n) is 3.73. The summed E-state index contributed by atoms with van der Waals surface area (Å²) in [6, 6.07) is 2.34. The quantitative estimate of drug-likeness (QED) is 0.756. The number of nitrogens with one attached hydrogen (secondary N) is 1. The van der Waals surface area contributed by atoms with Crippen molar-refractivity contribution in [3.8, 4) is 5.75 Å². The molecule has 0 saturated carbocycles. The molecule has 17 heavy (non-hydrogen) atoms. The summed E-state index contributed by atoms with van der Waals surface area (Å²) in [5, 5.41) is 11.3. The van der Waals surface area contributed by atoms with E-state index >= 15 is 0 Å². The van der Waals surface area contributed by atoms with Crippen LogP contribution in [0.25, 0.3) is 0 Å². The molecule has 1 heterocycles.